The van der Waals surface area contributed by atoms with Crippen molar-refractivity contribution in [3.63, 3.8) is 0 Å². The third-order valence-corrected chi connectivity index (χ3v) is 6.17. The molecule has 3 aromatic rings. The van der Waals surface area contributed by atoms with Crippen LogP contribution in [0.1, 0.15) is 10.4 Å². The van der Waals surface area contributed by atoms with E-state index in [2.05, 4.69) is 5.32 Å². The molecular weight excluding hydrogens is 491 g/mol. The van der Waals surface area contributed by atoms with Gasteiger partial charge in [-0.05, 0) is 30.3 Å². The first kappa shape index (κ1) is 23.4. The number of anilines is 2. The number of rotatable bonds is 6. The van der Waals surface area contributed by atoms with Gasteiger partial charge < -0.3 is 5.32 Å². The second-order valence-corrected chi connectivity index (χ2v) is 8.75. The Morgan fingerprint density at radius 2 is 1.66 bits per heavy atom. The molecule has 0 atom stereocenters. The van der Waals surface area contributed by atoms with Crippen molar-refractivity contribution in [2.45, 2.75) is 4.90 Å². The van der Waals surface area contributed by atoms with Crippen molar-refractivity contribution in [2.24, 2.45) is 0 Å². The summed E-state index contributed by atoms with van der Waals surface area (Å²) in [5.74, 6) is -3.81. The number of nitro groups is 1. The van der Waals surface area contributed by atoms with Crippen LogP contribution >= 0.6 is 23.2 Å². The summed E-state index contributed by atoms with van der Waals surface area (Å²) >= 11 is 11.7. The molecule has 8 nitrogen and oxygen atoms in total. The third-order valence-electron chi connectivity index (χ3n) is 4.07. The molecule has 0 saturated carbocycles. The molecule has 3 aromatic carbocycles. The van der Waals surface area contributed by atoms with E-state index in [0.29, 0.717) is 12.1 Å². The molecule has 0 heterocycles. The van der Waals surface area contributed by atoms with Crippen molar-refractivity contribution >= 4 is 56.2 Å². The van der Waals surface area contributed by atoms with Crippen molar-refractivity contribution in [3.05, 3.63) is 92.0 Å². The molecule has 0 aromatic heterocycles. The molecule has 0 aliphatic heterocycles. The molecule has 166 valence electrons. The van der Waals surface area contributed by atoms with E-state index in [4.69, 9.17) is 23.2 Å². The summed E-state index contributed by atoms with van der Waals surface area (Å²) in [5, 5.41) is 13.6. The minimum Gasteiger partial charge on any atom is -0.322 e. The number of non-ortho nitro benzene ring substituents is 1. The first-order valence-corrected chi connectivity index (χ1v) is 10.7. The van der Waals surface area contributed by atoms with Crippen molar-refractivity contribution in [3.8, 4) is 0 Å². The monoisotopic (exact) mass is 501 g/mol. The summed E-state index contributed by atoms with van der Waals surface area (Å²) in [6.07, 6.45) is 0. The summed E-state index contributed by atoms with van der Waals surface area (Å²) in [6.45, 7) is 0. The van der Waals surface area contributed by atoms with Gasteiger partial charge in [0.25, 0.3) is 21.6 Å². The van der Waals surface area contributed by atoms with E-state index in [-0.39, 0.29) is 15.7 Å². The number of amides is 1. The van der Waals surface area contributed by atoms with Crippen molar-refractivity contribution in [1.29, 1.82) is 0 Å². The molecular formula is C19H11Cl2F2N3O5S. The average molecular weight is 502 g/mol. The highest BCUT2D eigenvalue weighted by Crippen LogP contribution is 2.28. The molecule has 0 spiro atoms. The zero-order chi connectivity index (χ0) is 23.6. The standard InChI is InChI=1S/C19H11Cl2F2N3O5S/c20-14-5-4-10(6-15(14)21)24-19(27)13-8-16(22)17(23)9-18(13)25-32(30,31)12-3-1-2-11(7-12)26(28)29/h1-9,25H,(H,24,27). The molecule has 0 radical (unpaired) electrons. The zero-order valence-corrected chi connectivity index (χ0v) is 17.9. The van der Waals surface area contributed by atoms with Gasteiger partial charge in [0.2, 0.25) is 0 Å². The van der Waals surface area contributed by atoms with E-state index >= 15 is 0 Å². The summed E-state index contributed by atoms with van der Waals surface area (Å²) in [4.78, 5) is 22.3. The van der Waals surface area contributed by atoms with Crippen LogP contribution in [0.15, 0.2) is 59.5 Å². The number of nitrogens with one attached hydrogen (secondary N) is 2. The lowest BCUT2D eigenvalue weighted by Gasteiger charge is -2.14. The summed E-state index contributed by atoms with van der Waals surface area (Å²) in [5.41, 5.74) is -1.49. The molecule has 0 unspecified atom stereocenters. The average Bonchev–Trinajstić information content (AvgIpc) is 2.73. The van der Waals surface area contributed by atoms with Gasteiger partial charge in [0.15, 0.2) is 11.6 Å². The number of sulfonamides is 1. The molecule has 1 amide bonds. The van der Waals surface area contributed by atoms with Crippen LogP contribution in [0.25, 0.3) is 0 Å². The Kier molecular flexibility index (Phi) is 6.63. The number of carbonyl (C=O) groups is 1. The molecule has 0 aliphatic carbocycles. The Morgan fingerprint density at radius 1 is 0.969 bits per heavy atom. The van der Waals surface area contributed by atoms with Crippen LogP contribution in [-0.2, 0) is 10.0 Å². The lowest BCUT2D eigenvalue weighted by atomic mass is 10.1. The maximum Gasteiger partial charge on any atom is 0.270 e. The van der Waals surface area contributed by atoms with Crippen molar-refractivity contribution < 1.29 is 26.9 Å². The lowest BCUT2D eigenvalue weighted by molar-refractivity contribution is -0.385. The maximum absolute atomic E-state index is 13.8. The molecule has 13 heteroatoms. The lowest BCUT2D eigenvalue weighted by Crippen LogP contribution is -2.19. The Morgan fingerprint density at radius 3 is 2.31 bits per heavy atom. The van der Waals surface area contributed by atoms with Gasteiger partial charge in [-0.25, -0.2) is 17.2 Å². The largest absolute Gasteiger partial charge is 0.322 e. The minimum absolute atomic E-state index is 0.112. The van der Waals surface area contributed by atoms with Gasteiger partial charge in [-0.2, -0.15) is 0 Å². The summed E-state index contributed by atoms with van der Waals surface area (Å²) in [7, 11) is -4.50. The van der Waals surface area contributed by atoms with Crippen molar-refractivity contribution in [1.82, 2.24) is 0 Å². The Bertz CT molecular complexity index is 1350. The number of benzene rings is 3. The van der Waals surface area contributed by atoms with Gasteiger partial charge in [-0.15, -0.1) is 0 Å². The SMILES string of the molecule is O=C(Nc1ccc(Cl)c(Cl)c1)c1cc(F)c(F)cc1NS(=O)(=O)c1cccc([N+](=O)[O-])c1. The van der Waals surface area contributed by atoms with Crippen LogP contribution in [0.3, 0.4) is 0 Å². The fraction of sp³-hybridized carbons (Fsp3) is 0. The van der Waals surface area contributed by atoms with E-state index in [1.54, 1.807) is 0 Å². The molecule has 2 N–H and O–H groups in total. The van der Waals surface area contributed by atoms with Crippen LogP contribution in [0.5, 0.6) is 0 Å². The first-order valence-electron chi connectivity index (χ1n) is 8.50. The minimum atomic E-state index is -4.50. The quantitative estimate of drug-likeness (QED) is 0.354. The van der Waals surface area contributed by atoms with Crippen LogP contribution in [0.2, 0.25) is 10.0 Å². The van der Waals surface area contributed by atoms with E-state index < -0.39 is 54.3 Å². The third kappa shape index (κ3) is 5.13. The Hall–Kier alpha value is -3.28. The highest BCUT2D eigenvalue weighted by molar-refractivity contribution is 7.92. The normalized spacial score (nSPS) is 11.1. The number of nitro benzene ring substituents is 1. The smallest absolute Gasteiger partial charge is 0.270 e. The number of hydrogen-bond donors (Lipinski definition) is 2. The summed E-state index contributed by atoms with van der Waals surface area (Å²) < 4.78 is 55.0. The molecule has 0 bridgehead atoms. The Labute approximate surface area is 190 Å². The van der Waals surface area contributed by atoms with Crippen molar-refractivity contribution in [2.75, 3.05) is 10.0 Å². The predicted octanol–water partition coefficient (Wildman–Crippen LogP) is 5.23. The second-order valence-electron chi connectivity index (χ2n) is 6.25. The topological polar surface area (TPSA) is 118 Å². The second kappa shape index (κ2) is 9.07. The van der Waals surface area contributed by atoms with E-state index in [1.807, 2.05) is 4.72 Å². The highest BCUT2D eigenvalue weighted by atomic mass is 35.5. The van der Waals surface area contributed by atoms with Crippen LogP contribution in [0, 0.1) is 21.7 Å². The van der Waals surface area contributed by atoms with Crippen LogP contribution in [0.4, 0.5) is 25.8 Å². The number of nitrogens with zero attached hydrogens (tertiary/aromatic N) is 1. The van der Waals surface area contributed by atoms with Gasteiger partial charge in [0.05, 0.1) is 31.1 Å². The Balaban J connectivity index is 1.99. The number of carbonyl (C=O) groups excluding carboxylic acids is 1. The van der Waals surface area contributed by atoms with Gasteiger partial charge >= 0.3 is 0 Å². The maximum atomic E-state index is 13.8. The molecule has 32 heavy (non-hydrogen) atoms. The fourth-order valence-electron chi connectivity index (χ4n) is 2.56. The highest BCUT2D eigenvalue weighted by Gasteiger charge is 2.23. The fourth-order valence-corrected chi connectivity index (χ4v) is 3.97. The van der Waals surface area contributed by atoms with Gasteiger partial charge in [-0.3, -0.25) is 19.6 Å². The molecule has 3 rings (SSSR count). The number of hydrogen-bond acceptors (Lipinski definition) is 5. The number of halogens is 4. The molecule has 0 saturated heterocycles. The van der Waals surface area contributed by atoms with Gasteiger partial charge in [0, 0.05) is 23.9 Å². The first-order chi connectivity index (χ1) is 15.0. The summed E-state index contributed by atoms with van der Waals surface area (Å²) in [6, 6.07) is 9.11. The molecule has 0 aliphatic rings. The predicted molar refractivity (Wildman–Crippen MR) is 115 cm³/mol. The molecule has 0 fully saturated rings. The van der Waals surface area contributed by atoms with Gasteiger partial charge in [-0.1, -0.05) is 29.3 Å². The van der Waals surface area contributed by atoms with E-state index in [9.17, 15) is 32.1 Å². The van der Waals surface area contributed by atoms with Crippen LogP contribution < -0.4 is 10.0 Å². The van der Waals surface area contributed by atoms with E-state index in [1.165, 1.54) is 18.2 Å². The van der Waals surface area contributed by atoms with E-state index in [0.717, 1.165) is 24.3 Å². The van der Waals surface area contributed by atoms with Crippen LogP contribution in [-0.4, -0.2) is 19.2 Å². The zero-order valence-electron chi connectivity index (χ0n) is 15.6. The van der Waals surface area contributed by atoms with Gasteiger partial charge in [0.1, 0.15) is 0 Å².